The summed E-state index contributed by atoms with van der Waals surface area (Å²) in [5, 5.41) is 28.0. The summed E-state index contributed by atoms with van der Waals surface area (Å²) in [6.07, 6.45) is 8.73. The summed E-state index contributed by atoms with van der Waals surface area (Å²) >= 11 is 0. The van der Waals surface area contributed by atoms with Crippen molar-refractivity contribution in [3.8, 4) is 17.5 Å². The van der Waals surface area contributed by atoms with Gasteiger partial charge in [-0.3, -0.25) is 14.4 Å². The molecular formula is C44H59N3O6. The molecule has 1 heterocycles. The number of carbonyl (C=O) groups is 3. The number of benzene rings is 1. The molecule has 4 aliphatic rings. The number of esters is 1. The first-order chi connectivity index (χ1) is 24.8. The number of nitrogens with zero attached hydrogens (tertiary/aromatic N) is 3. The van der Waals surface area contributed by atoms with Crippen LogP contribution in [0.4, 0.5) is 0 Å². The zero-order valence-corrected chi connectivity index (χ0v) is 33.3. The van der Waals surface area contributed by atoms with E-state index in [1.807, 2.05) is 12.1 Å². The van der Waals surface area contributed by atoms with Gasteiger partial charge in [0.1, 0.15) is 6.10 Å². The Morgan fingerprint density at radius 1 is 1.06 bits per heavy atom. The molecule has 286 valence electrons. The average molecular weight is 726 g/mol. The summed E-state index contributed by atoms with van der Waals surface area (Å²) in [6.45, 7) is 19.2. The Bertz CT molecular complexity index is 1830. The number of allylic oxidation sites excluding steroid dienone is 2. The third-order valence-electron chi connectivity index (χ3n) is 14.8. The second kappa shape index (κ2) is 13.8. The van der Waals surface area contributed by atoms with Gasteiger partial charge in [-0.25, -0.2) is 0 Å². The van der Waals surface area contributed by atoms with Crippen molar-refractivity contribution in [1.82, 2.24) is 10.2 Å². The molecule has 0 aliphatic heterocycles. The van der Waals surface area contributed by atoms with Gasteiger partial charge in [0.15, 0.2) is 5.78 Å². The Morgan fingerprint density at radius 2 is 1.75 bits per heavy atom. The molecule has 6 rings (SSSR count). The van der Waals surface area contributed by atoms with Gasteiger partial charge in [0.05, 0.1) is 28.9 Å². The largest absolute Gasteiger partial charge is 0.481 e. The van der Waals surface area contributed by atoms with Crippen LogP contribution in [0.15, 0.2) is 39.8 Å². The van der Waals surface area contributed by atoms with Crippen LogP contribution in [-0.4, -0.2) is 39.1 Å². The highest BCUT2D eigenvalue weighted by molar-refractivity contribution is 6.01. The topological polar surface area (TPSA) is 143 Å². The molecule has 7 unspecified atom stereocenters. The molecule has 9 nitrogen and oxygen atoms in total. The van der Waals surface area contributed by atoms with Crippen molar-refractivity contribution in [2.45, 2.75) is 144 Å². The smallest absolute Gasteiger partial charge is 0.309 e. The number of fused-ring (bicyclic) bond motifs is 3. The molecule has 3 saturated carbocycles. The number of nitriles is 1. The van der Waals surface area contributed by atoms with Crippen LogP contribution >= 0.6 is 0 Å². The van der Waals surface area contributed by atoms with Crippen molar-refractivity contribution in [2.24, 2.45) is 45.3 Å². The number of aromatic nitrogens is 2. The lowest BCUT2D eigenvalue weighted by atomic mass is 9.43. The molecule has 0 bridgehead atoms. The molecule has 0 radical (unpaired) electrons. The first-order valence-corrected chi connectivity index (χ1v) is 19.8. The van der Waals surface area contributed by atoms with Gasteiger partial charge in [0.25, 0.3) is 0 Å². The number of hydrogen-bond donors (Lipinski definition) is 1. The number of Topliss-reactive ketones (excluding diaryl/α,β-unsaturated/α-hetero) is 1. The first-order valence-electron chi connectivity index (χ1n) is 19.8. The SMILES string of the molecule is CC(C)C1=C2C3CCCC(C)(CCC4C(C)CCC(OC(=O)CC(C)(C)C(=O)O)C4(C)C)C3(C)CCC2(c2nnc(-c3ccc(C#N)cc3)o2)CC1=O. The second-order valence-corrected chi connectivity index (χ2v) is 19.1. The predicted octanol–water partition coefficient (Wildman–Crippen LogP) is 9.64. The number of ketones is 1. The van der Waals surface area contributed by atoms with Crippen molar-refractivity contribution in [2.75, 3.05) is 0 Å². The molecule has 0 spiro atoms. The van der Waals surface area contributed by atoms with E-state index in [0.29, 0.717) is 35.6 Å². The fourth-order valence-electron chi connectivity index (χ4n) is 11.2. The molecule has 7 atom stereocenters. The average Bonchev–Trinajstić information content (AvgIpc) is 3.70. The maximum Gasteiger partial charge on any atom is 0.309 e. The monoisotopic (exact) mass is 725 g/mol. The van der Waals surface area contributed by atoms with E-state index in [0.717, 1.165) is 68.9 Å². The van der Waals surface area contributed by atoms with Crippen molar-refractivity contribution in [3.63, 3.8) is 0 Å². The number of rotatable bonds is 10. The Labute approximate surface area is 315 Å². The van der Waals surface area contributed by atoms with Crippen molar-refractivity contribution >= 4 is 17.7 Å². The van der Waals surface area contributed by atoms with E-state index in [4.69, 9.17) is 9.15 Å². The molecule has 1 aromatic carbocycles. The third kappa shape index (κ3) is 6.56. The van der Waals surface area contributed by atoms with Gasteiger partial charge >= 0.3 is 11.9 Å². The Hall–Kier alpha value is -3.80. The van der Waals surface area contributed by atoms with Gasteiger partial charge in [-0.05, 0) is 135 Å². The fraction of sp³-hybridized carbons (Fsp3) is 0.682. The number of carboxylic acid groups (broad SMARTS) is 1. The summed E-state index contributed by atoms with van der Waals surface area (Å²) in [5.74, 6) is 0.814. The Balaban J connectivity index is 1.27. The van der Waals surface area contributed by atoms with Crippen LogP contribution in [0.5, 0.6) is 0 Å². The predicted molar refractivity (Wildman–Crippen MR) is 201 cm³/mol. The Kier molecular flexibility index (Phi) is 10.1. The minimum Gasteiger partial charge on any atom is -0.481 e. The highest BCUT2D eigenvalue weighted by Gasteiger charge is 2.64. The van der Waals surface area contributed by atoms with Crippen LogP contribution in [0.3, 0.4) is 0 Å². The van der Waals surface area contributed by atoms with Gasteiger partial charge in [-0.2, -0.15) is 5.26 Å². The van der Waals surface area contributed by atoms with E-state index in [2.05, 4.69) is 64.7 Å². The van der Waals surface area contributed by atoms with Crippen LogP contribution in [0.25, 0.3) is 11.5 Å². The summed E-state index contributed by atoms with van der Waals surface area (Å²) < 4.78 is 12.6. The van der Waals surface area contributed by atoms with Crippen LogP contribution in [0.2, 0.25) is 0 Å². The molecule has 0 amide bonds. The van der Waals surface area contributed by atoms with E-state index < -0.39 is 22.8 Å². The van der Waals surface area contributed by atoms with Crippen molar-refractivity contribution in [3.05, 3.63) is 46.9 Å². The van der Waals surface area contributed by atoms with Gasteiger partial charge in [0.2, 0.25) is 11.8 Å². The molecule has 0 saturated heterocycles. The van der Waals surface area contributed by atoms with Crippen LogP contribution in [0.1, 0.15) is 144 Å². The van der Waals surface area contributed by atoms with Gasteiger partial charge in [-0.15, -0.1) is 10.2 Å². The van der Waals surface area contributed by atoms with Crippen LogP contribution < -0.4 is 0 Å². The number of ether oxygens (including phenoxy) is 1. The van der Waals surface area contributed by atoms with Gasteiger partial charge < -0.3 is 14.3 Å². The molecule has 2 aromatic rings. The first kappa shape index (κ1) is 38.9. The quantitative estimate of drug-likeness (QED) is 0.237. The number of carbonyl (C=O) groups excluding carboxylic acids is 2. The lowest BCUT2D eigenvalue weighted by molar-refractivity contribution is -0.171. The molecule has 3 fully saturated rings. The lowest BCUT2D eigenvalue weighted by Crippen LogP contribution is -2.54. The number of carboxylic acids is 1. The van der Waals surface area contributed by atoms with E-state index in [1.165, 1.54) is 5.57 Å². The van der Waals surface area contributed by atoms with E-state index in [9.17, 15) is 24.8 Å². The zero-order valence-electron chi connectivity index (χ0n) is 33.3. The molecule has 4 aliphatic carbocycles. The lowest BCUT2D eigenvalue weighted by Gasteiger charge is -2.61. The summed E-state index contributed by atoms with van der Waals surface area (Å²) in [6, 6.07) is 9.31. The number of aliphatic carboxylic acids is 1. The molecule has 9 heteroatoms. The molecular weight excluding hydrogens is 666 g/mol. The normalized spacial score (nSPS) is 32.6. The highest BCUT2D eigenvalue weighted by atomic mass is 16.5. The van der Waals surface area contributed by atoms with Gasteiger partial charge in [0, 0.05) is 17.4 Å². The maximum absolute atomic E-state index is 14.1. The summed E-state index contributed by atoms with van der Waals surface area (Å²) in [4.78, 5) is 38.8. The third-order valence-corrected chi connectivity index (χ3v) is 14.8. The summed E-state index contributed by atoms with van der Waals surface area (Å²) in [5.41, 5.74) is 1.46. The highest BCUT2D eigenvalue weighted by Crippen LogP contribution is 2.69. The van der Waals surface area contributed by atoms with Crippen LogP contribution in [-0.2, 0) is 24.5 Å². The second-order valence-electron chi connectivity index (χ2n) is 19.1. The van der Waals surface area contributed by atoms with E-state index in [1.54, 1.807) is 26.0 Å². The van der Waals surface area contributed by atoms with Crippen molar-refractivity contribution < 1.29 is 28.6 Å². The minimum atomic E-state index is -1.17. The maximum atomic E-state index is 14.1. The summed E-state index contributed by atoms with van der Waals surface area (Å²) in [7, 11) is 0. The zero-order chi connectivity index (χ0) is 38.7. The minimum absolute atomic E-state index is 0.0240. The molecule has 1 N–H and O–H groups in total. The number of hydrogen-bond acceptors (Lipinski definition) is 8. The fourth-order valence-corrected chi connectivity index (χ4v) is 11.2. The van der Waals surface area contributed by atoms with Gasteiger partial charge in [-0.1, -0.05) is 54.9 Å². The van der Waals surface area contributed by atoms with Crippen LogP contribution in [0, 0.1) is 56.7 Å². The van der Waals surface area contributed by atoms with E-state index >= 15 is 0 Å². The van der Waals surface area contributed by atoms with E-state index in [-0.39, 0.29) is 46.4 Å². The molecule has 1 aromatic heterocycles. The molecule has 53 heavy (non-hydrogen) atoms. The van der Waals surface area contributed by atoms with Crippen molar-refractivity contribution in [1.29, 1.82) is 5.26 Å². The standard InChI is InChI=1S/C44H59N3O6/c1-26(2)35-32(48)23-44(38-47-46-37(53-38)29-15-13-28(25-45)14-16-29)22-21-43(9)31(36(35)44)11-10-19-42(43,8)20-18-30-27(3)12-17-33(41(30,6)7)52-34(49)24-40(4,5)39(50)51/h13-16,26-27,30-31,33H,10-12,17-24H2,1-9H3,(H,50,51). The Morgan fingerprint density at radius 3 is 2.40 bits per heavy atom.